The van der Waals surface area contributed by atoms with E-state index in [4.69, 9.17) is 20.6 Å². The second-order valence-electron chi connectivity index (χ2n) is 6.74. The van der Waals surface area contributed by atoms with E-state index in [2.05, 4.69) is 16.2 Å². The van der Waals surface area contributed by atoms with E-state index in [9.17, 15) is 14.4 Å². The molecule has 0 aromatic carbocycles. The maximum absolute atomic E-state index is 12.3. The Balaban J connectivity index is 1.84. The number of carbonyl (C=O) groups is 1. The van der Waals surface area contributed by atoms with Crippen molar-refractivity contribution in [3.05, 3.63) is 33.1 Å². The van der Waals surface area contributed by atoms with Gasteiger partial charge in [0.1, 0.15) is 6.10 Å². The number of likely N-dealkylation sites (N-methyl/N-ethyl adjacent to an activating group) is 1. The lowest BCUT2D eigenvalue weighted by Crippen LogP contribution is -2.48. The van der Waals surface area contributed by atoms with Crippen LogP contribution >= 0.6 is 0 Å². The largest absolute Gasteiger partial charge is 0.357 e. The zero-order valence-corrected chi connectivity index (χ0v) is 14.2. The number of aromatic nitrogens is 2. The Kier molecular flexibility index (Phi) is 3.80. The first kappa shape index (κ1) is 17.0. The first-order valence-corrected chi connectivity index (χ1v) is 8.49. The Hall–Kier alpha value is -2.41. The average Bonchev–Trinajstić information content (AvgIpc) is 3.28. The van der Waals surface area contributed by atoms with Gasteiger partial charge in [0.05, 0.1) is 0 Å². The third kappa shape index (κ3) is 2.26. The molecule has 4 rings (SSSR count). The minimum atomic E-state index is -1.45. The summed E-state index contributed by atoms with van der Waals surface area (Å²) in [6.45, 7) is 0. The number of ether oxygens (including phenoxy) is 3. The Labute approximate surface area is 148 Å². The molecule has 2 aliphatic heterocycles. The van der Waals surface area contributed by atoms with Gasteiger partial charge in [0.2, 0.25) is 5.60 Å². The summed E-state index contributed by atoms with van der Waals surface area (Å²) in [5.41, 5.74) is -2.71. The smallest absolute Gasteiger partial charge is 0.330 e. The molecule has 0 bridgehead atoms. The van der Waals surface area contributed by atoms with Gasteiger partial charge in [0, 0.05) is 32.2 Å². The fourth-order valence-electron chi connectivity index (χ4n) is 4.04. The molecule has 4 atom stereocenters. The molecule has 0 radical (unpaired) electrons. The van der Waals surface area contributed by atoms with Crippen molar-refractivity contribution in [3.63, 3.8) is 0 Å². The number of amides is 1. The number of aromatic amines is 1. The van der Waals surface area contributed by atoms with E-state index in [1.165, 1.54) is 19.3 Å². The van der Waals surface area contributed by atoms with Crippen molar-refractivity contribution < 1.29 is 19.0 Å². The first-order chi connectivity index (χ1) is 12.4. The molecule has 1 amide bonds. The lowest BCUT2D eigenvalue weighted by molar-refractivity contribution is -0.223. The molecule has 2 N–H and O–H groups in total. The van der Waals surface area contributed by atoms with Gasteiger partial charge >= 0.3 is 5.69 Å². The topological polar surface area (TPSA) is 112 Å². The fraction of sp³-hybridized carbons (Fsp3) is 0.588. The Morgan fingerprint density at radius 1 is 1.42 bits per heavy atom. The number of H-pyrrole nitrogens is 1. The molecule has 3 fully saturated rings. The Morgan fingerprint density at radius 2 is 2.15 bits per heavy atom. The van der Waals surface area contributed by atoms with E-state index in [1.54, 1.807) is 0 Å². The zero-order valence-electron chi connectivity index (χ0n) is 14.2. The van der Waals surface area contributed by atoms with Gasteiger partial charge in [-0.1, -0.05) is 5.92 Å². The molecule has 1 spiro atoms. The van der Waals surface area contributed by atoms with Crippen molar-refractivity contribution in [2.75, 3.05) is 7.05 Å². The van der Waals surface area contributed by atoms with Crippen molar-refractivity contribution in [1.29, 1.82) is 0 Å². The average molecular weight is 361 g/mol. The van der Waals surface area contributed by atoms with Crippen LogP contribution in [-0.4, -0.2) is 46.1 Å². The number of hydrogen-bond donors (Lipinski definition) is 2. The molecule has 0 unspecified atom stereocenters. The minimum Gasteiger partial charge on any atom is -0.357 e. The molecule has 1 aliphatic carbocycles. The summed E-state index contributed by atoms with van der Waals surface area (Å²) in [4.78, 5) is 38.2. The van der Waals surface area contributed by atoms with Crippen LogP contribution < -0.4 is 16.6 Å². The van der Waals surface area contributed by atoms with Crippen molar-refractivity contribution in [2.24, 2.45) is 0 Å². The summed E-state index contributed by atoms with van der Waals surface area (Å²) in [5.74, 6) is 1.29. The standard InChI is InChI=1S/C17H19N3O6/c1-3-17-12(25-16(26-17)7-4-5-8-16)11(13(22)18-2)24-14(17)20-9-6-10(21)19-15(20)23/h1,6,9,11-12,14H,4-5,7-8H2,2H3,(H,18,22)(H,19,21,23)/t11-,12+,14+,17+/m0/s1. The molecule has 26 heavy (non-hydrogen) atoms. The highest BCUT2D eigenvalue weighted by atomic mass is 16.8. The Bertz CT molecular complexity index is 893. The normalized spacial score (nSPS) is 34.5. The van der Waals surface area contributed by atoms with E-state index in [-0.39, 0.29) is 0 Å². The summed E-state index contributed by atoms with van der Waals surface area (Å²) < 4.78 is 19.3. The van der Waals surface area contributed by atoms with Crippen molar-refractivity contribution in [1.82, 2.24) is 14.9 Å². The zero-order chi connectivity index (χ0) is 18.5. The van der Waals surface area contributed by atoms with E-state index < -0.39 is 47.0 Å². The summed E-state index contributed by atoms with van der Waals surface area (Å²) >= 11 is 0. The monoisotopic (exact) mass is 361 g/mol. The highest BCUT2D eigenvalue weighted by Gasteiger charge is 2.70. The number of hydrogen-bond acceptors (Lipinski definition) is 6. The quantitative estimate of drug-likeness (QED) is 0.670. The van der Waals surface area contributed by atoms with Gasteiger partial charge in [-0.05, 0) is 12.8 Å². The summed E-state index contributed by atoms with van der Waals surface area (Å²) in [6, 6.07) is 1.18. The van der Waals surface area contributed by atoms with Crippen LogP contribution in [0.3, 0.4) is 0 Å². The van der Waals surface area contributed by atoms with Gasteiger partial charge in [-0.15, -0.1) is 6.42 Å². The molecular formula is C17H19N3O6. The van der Waals surface area contributed by atoms with Crippen LogP contribution in [0.2, 0.25) is 0 Å². The van der Waals surface area contributed by atoms with Crippen LogP contribution in [0.1, 0.15) is 31.9 Å². The molecule has 1 aromatic heterocycles. The number of fused-ring (bicyclic) bond motifs is 1. The van der Waals surface area contributed by atoms with Gasteiger partial charge in [-0.3, -0.25) is 19.1 Å². The predicted octanol–water partition coefficient (Wildman–Crippen LogP) is -0.762. The molecular weight excluding hydrogens is 342 g/mol. The molecule has 1 saturated carbocycles. The summed E-state index contributed by atoms with van der Waals surface area (Å²) in [5, 5.41) is 2.52. The fourth-order valence-corrected chi connectivity index (χ4v) is 4.04. The third-order valence-corrected chi connectivity index (χ3v) is 5.24. The van der Waals surface area contributed by atoms with Gasteiger partial charge in [0.25, 0.3) is 11.5 Å². The number of terminal acetylenes is 1. The van der Waals surface area contributed by atoms with E-state index >= 15 is 0 Å². The lowest BCUT2D eigenvalue weighted by atomic mass is 9.94. The predicted molar refractivity (Wildman–Crippen MR) is 88.0 cm³/mol. The van der Waals surface area contributed by atoms with E-state index in [1.807, 2.05) is 0 Å². The summed E-state index contributed by atoms with van der Waals surface area (Å²) in [7, 11) is 1.48. The lowest BCUT2D eigenvalue weighted by Gasteiger charge is -2.30. The number of rotatable bonds is 2. The highest BCUT2D eigenvalue weighted by Crippen LogP contribution is 2.54. The van der Waals surface area contributed by atoms with E-state index in [0.29, 0.717) is 12.8 Å². The molecule has 9 heteroatoms. The van der Waals surface area contributed by atoms with Crippen molar-refractivity contribution >= 4 is 5.91 Å². The van der Waals surface area contributed by atoms with Crippen LogP contribution in [0, 0.1) is 12.3 Å². The second kappa shape index (κ2) is 5.81. The van der Waals surface area contributed by atoms with Crippen LogP contribution in [0.25, 0.3) is 0 Å². The summed E-state index contributed by atoms with van der Waals surface area (Å²) in [6.07, 6.45) is 7.22. The molecule has 9 nitrogen and oxygen atoms in total. The molecule has 2 saturated heterocycles. The molecule has 138 valence electrons. The van der Waals surface area contributed by atoms with E-state index in [0.717, 1.165) is 17.4 Å². The Morgan fingerprint density at radius 3 is 2.77 bits per heavy atom. The van der Waals surface area contributed by atoms with Crippen LogP contribution in [0.15, 0.2) is 21.9 Å². The van der Waals surface area contributed by atoms with Crippen molar-refractivity contribution in [2.45, 2.75) is 55.5 Å². The molecule has 3 heterocycles. The minimum absolute atomic E-state index is 0.423. The second-order valence-corrected chi connectivity index (χ2v) is 6.74. The number of nitrogens with zero attached hydrogens (tertiary/aromatic N) is 1. The van der Waals surface area contributed by atoms with Crippen LogP contribution in [0.5, 0.6) is 0 Å². The first-order valence-electron chi connectivity index (χ1n) is 8.49. The molecule has 3 aliphatic rings. The SMILES string of the molecule is C#C[C@@]12OC3(CCCC3)O[C@@H]1[C@@H](C(=O)NC)O[C@H]2n1ccc(=O)[nH]c1=O. The van der Waals surface area contributed by atoms with Gasteiger partial charge in [-0.2, -0.15) is 0 Å². The van der Waals surface area contributed by atoms with Crippen LogP contribution in [0.4, 0.5) is 0 Å². The van der Waals surface area contributed by atoms with Crippen LogP contribution in [-0.2, 0) is 19.0 Å². The van der Waals surface area contributed by atoms with Gasteiger partial charge in [0.15, 0.2) is 18.1 Å². The number of nitrogens with one attached hydrogen (secondary N) is 2. The highest BCUT2D eigenvalue weighted by molar-refractivity contribution is 5.82. The number of carbonyl (C=O) groups excluding carboxylic acids is 1. The maximum atomic E-state index is 12.3. The van der Waals surface area contributed by atoms with Gasteiger partial charge in [-0.25, -0.2) is 4.79 Å². The van der Waals surface area contributed by atoms with Crippen molar-refractivity contribution in [3.8, 4) is 12.3 Å². The third-order valence-electron chi connectivity index (χ3n) is 5.24. The van der Waals surface area contributed by atoms with Gasteiger partial charge < -0.3 is 19.5 Å². The maximum Gasteiger partial charge on any atom is 0.330 e. The molecule has 1 aromatic rings.